The first kappa shape index (κ1) is 13.1. The van der Waals surface area contributed by atoms with Crippen molar-refractivity contribution in [2.45, 2.75) is 6.54 Å². The van der Waals surface area contributed by atoms with E-state index >= 15 is 0 Å². The monoisotopic (exact) mass is 280 g/mol. The molecule has 0 aliphatic rings. The van der Waals surface area contributed by atoms with Gasteiger partial charge in [0.1, 0.15) is 4.88 Å². The first-order valence-corrected chi connectivity index (χ1v) is 7.00. The van der Waals surface area contributed by atoms with Gasteiger partial charge in [-0.3, -0.25) is 9.78 Å². The van der Waals surface area contributed by atoms with E-state index in [4.69, 9.17) is 11.6 Å². The number of thiazole rings is 1. The van der Waals surface area contributed by atoms with Gasteiger partial charge in [0, 0.05) is 19.0 Å². The second kappa shape index (κ2) is 6.52. The lowest BCUT2D eigenvalue weighted by atomic mass is 10.2. The summed E-state index contributed by atoms with van der Waals surface area (Å²) < 4.78 is 0. The Hall–Kier alpha value is -1.39. The lowest BCUT2D eigenvalue weighted by molar-refractivity contribution is 0.0758. The second-order valence-corrected chi connectivity index (χ2v) is 5.03. The van der Waals surface area contributed by atoms with Crippen LogP contribution in [-0.2, 0) is 6.54 Å². The van der Waals surface area contributed by atoms with Crippen molar-refractivity contribution in [1.82, 2.24) is 9.88 Å². The van der Waals surface area contributed by atoms with Crippen LogP contribution >= 0.6 is 22.9 Å². The standard InChI is InChI=1S/C13H13ClN2OS/c14-6-7-16(9-11-4-2-1-3-5-11)13(17)12-8-15-10-18-12/h1-5,8,10H,6-7,9H2. The largest absolute Gasteiger partial charge is 0.332 e. The number of benzene rings is 1. The van der Waals surface area contributed by atoms with Gasteiger partial charge in [0.2, 0.25) is 0 Å². The van der Waals surface area contributed by atoms with Gasteiger partial charge < -0.3 is 4.90 Å². The summed E-state index contributed by atoms with van der Waals surface area (Å²) in [6.07, 6.45) is 1.60. The molecule has 0 bridgehead atoms. The molecular formula is C13H13ClN2OS. The van der Waals surface area contributed by atoms with Crippen LogP contribution in [0.4, 0.5) is 0 Å². The average molecular weight is 281 g/mol. The third kappa shape index (κ3) is 3.31. The third-order valence-electron chi connectivity index (χ3n) is 2.50. The van der Waals surface area contributed by atoms with Crippen molar-refractivity contribution in [3.05, 3.63) is 52.5 Å². The van der Waals surface area contributed by atoms with E-state index in [1.165, 1.54) is 11.3 Å². The molecule has 1 amide bonds. The van der Waals surface area contributed by atoms with Gasteiger partial charge in [0.05, 0.1) is 11.7 Å². The molecule has 1 heterocycles. The first-order valence-electron chi connectivity index (χ1n) is 5.59. The molecule has 0 unspecified atom stereocenters. The maximum Gasteiger partial charge on any atom is 0.265 e. The fourth-order valence-corrected chi connectivity index (χ4v) is 2.43. The van der Waals surface area contributed by atoms with Gasteiger partial charge in [0.25, 0.3) is 5.91 Å². The Morgan fingerprint density at radius 3 is 2.72 bits per heavy atom. The van der Waals surface area contributed by atoms with Crippen LogP contribution in [0.25, 0.3) is 0 Å². The van der Waals surface area contributed by atoms with Crippen LogP contribution in [0, 0.1) is 0 Å². The van der Waals surface area contributed by atoms with E-state index in [1.807, 2.05) is 30.3 Å². The van der Waals surface area contributed by atoms with E-state index in [1.54, 1.807) is 16.6 Å². The second-order valence-electron chi connectivity index (χ2n) is 3.77. The Balaban J connectivity index is 2.11. The lowest BCUT2D eigenvalue weighted by Gasteiger charge is -2.20. The topological polar surface area (TPSA) is 33.2 Å². The minimum atomic E-state index is -0.0120. The van der Waals surface area contributed by atoms with Crippen LogP contribution in [0.3, 0.4) is 0 Å². The van der Waals surface area contributed by atoms with Crippen LogP contribution < -0.4 is 0 Å². The van der Waals surface area contributed by atoms with E-state index in [0.29, 0.717) is 23.8 Å². The molecule has 3 nitrogen and oxygen atoms in total. The Bertz CT molecular complexity index is 487. The molecule has 0 saturated carbocycles. The Morgan fingerprint density at radius 1 is 1.33 bits per heavy atom. The molecule has 0 spiro atoms. The molecule has 0 atom stereocenters. The van der Waals surface area contributed by atoms with Crippen LogP contribution in [0.1, 0.15) is 15.2 Å². The third-order valence-corrected chi connectivity index (χ3v) is 3.43. The van der Waals surface area contributed by atoms with Crippen LogP contribution in [-0.4, -0.2) is 28.2 Å². The molecular weight excluding hydrogens is 268 g/mol. The minimum absolute atomic E-state index is 0.0120. The number of hydrogen-bond donors (Lipinski definition) is 0. The molecule has 0 aliphatic carbocycles. The average Bonchev–Trinajstić information content (AvgIpc) is 2.92. The first-order chi connectivity index (χ1) is 8.81. The highest BCUT2D eigenvalue weighted by Gasteiger charge is 2.16. The van der Waals surface area contributed by atoms with E-state index in [0.717, 1.165) is 5.56 Å². The molecule has 0 saturated heterocycles. The molecule has 2 aromatic rings. The molecule has 0 N–H and O–H groups in total. The van der Waals surface area contributed by atoms with Crippen molar-refractivity contribution in [3.63, 3.8) is 0 Å². The van der Waals surface area contributed by atoms with Gasteiger partial charge in [-0.2, -0.15) is 0 Å². The lowest BCUT2D eigenvalue weighted by Crippen LogP contribution is -2.31. The SMILES string of the molecule is O=C(c1cncs1)N(CCCl)Cc1ccccc1. The van der Waals surface area contributed by atoms with Crippen molar-refractivity contribution in [1.29, 1.82) is 0 Å². The summed E-state index contributed by atoms with van der Waals surface area (Å²) in [5, 5.41) is 0. The smallest absolute Gasteiger partial charge is 0.265 e. The number of halogens is 1. The van der Waals surface area contributed by atoms with Gasteiger partial charge in [-0.05, 0) is 5.56 Å². The van der Waals surface area contributed by atoms with Gasteiger partial charge in [-0.25, -0.2) is 0 Å². The van der Waals surface area contributed by atoms with Crippen LogP contribution in [0.5, 0.6) is 0 Å². The summed E-state index contributed by atoms with van der Waals surface area (Å²) in [5.74, 6) is 0.416. The number of nitrogens with zero attached hydrogens (tertiary/aromatic N) is 2. The minimum Gasteiger partial charge on any atom is -0.332 e. The van der Waals surface area contributed by atoms with Gasteiger partial charge in [0.15, 0.2) is 0 Å². The Labute approximate surface area is 115 Å². The zero-order valence-electron chi connectivity index (χ0n) is 9.75. The fraction of sp³-hybridized carbons (Fsp3) is 0.231. The maximum atomic E-state index is 12.2. The molecule has 0 aliphatic heterocycles. The number of alkyl halides is 1. The summed E-state index contributed by atoms with van der Waals surface area (Å²) in [6.45, 7) is 1.11. The Morgan fingerprint density at radius 2 is 2.11 bits per heavy atom. The molecule has 1 aromatic carbocycles. The normalized spacial score (nSPS) is 10.3. The molecule has 94 valence electrons. The summed E-state index contributed by atoms with van der Waals surface area (Å²) in [6, 6.07) is 9.89. The van der Waals surface area contributed by atoms with E-state index in [9.17, 15) is 4.79 Å². The van der Waals surface area contributed by atoms with E-state index in [2.05, 4.69) is 4.98 Å². The summed E-state index contributed by atoms with van der Waals surface area (Å²) in [7, 11) is 0. The molecule has 18 heavy (non-hydrogen) atoms. The summed E-state index contributed by atoms with van der Waals surface area (Å²) in [4.78, 5) is 18.6. The molecule has 5 heteroatoms. The molecule has 1 aromatic heterocycles. The highest BCUT2D eigenvalue weighted by molar-refractivity contribution is 7.11. The van der Waals surface area contributed by atoms with Gasteiger partial charge in [-0.15, -0.1) is 22.9 Å². The number of aromatic nitrogens is 1. The zero-order valence-corrected chi connectivity index (χ0v) is 11.3. The molecule has 2 rings (SSSR count). The number of amides is 1. The summed E-state index contributed by atoms with van der Waals surface area (Å²) >= 11 is 7.11. The van der Waals surface area contributed by atoms with E-state index in [-0.39, 0.29) is 5.91 Å². The Kier molecular flexibility index (Phi) is 4.73. The zero-order chi connectivity index (χ0) is 12.8. The van der Waals surface area contributed by atoms with Crippen molar-refractivity contribution < 1.29 is 4.79 Å². The highest BCUT2D eigenvalue weighted by atomic mass is 35.5. The molecule has 0 fully saturated rings. The quantitative estimate of drug-likeness (QED) is 0.789. The van der Waals surface area contributed by atoms with Crippen molar-refractivity contribution in [2.75, 3.05) is 12.4 Å². The maximum absolute atomic E-state index is 12.2. The van der Waals surface area contributed by atoms with Crippen molar-refractivity contribution >= 4 is 28.8 Å². The fourth-order valence-electron chi connectivity index (χ4n) is 1.64. The number of hydrogen-bond acceptors (Lipinski definition) is 3. The van der Waals surface area contributed by atoms with E-state index < -0.39 is 0 Å². The van der Waals surface area contributed by atoms with Crippen molar-refractivity contribution in [2.24, 2.45) is 0 Å². The highest BCUT2D eigenvalue weighted by Crippen LogP contribution is 2.13. The molecule has 0 radical (unpaired) electrons. The summed E-state index contributed by atoms with van der Waals surface area (Å²) in [5.41, 5.74) is 2.76. The van der Waals surface area contributed by atoms with Crippen molar-refractivity contribution in [3.8, 4) is 0 Å². The van der Waals surface area contributed by atoms with Gasteiger partial charge in [-0.1, -0.05) is 30.3 Å². The number of rotatable bonds is 5. The predicted octanol–water partition coefficient (Wildman–Crippen LogP) is 3.02. The van der Waals surface area contributed by atoms with Crippen LogP contribution in [0.2, 0.25) is 0 Å². The predicted molar refractivity (Wildman–Crippen MR) is 74.0 cm³/mol. The van der Waals surface area contributed by atoms with Crippen LogP contribution in [0.15, 0.2) is 42.0 Å². The van der Waals surface area contributed by atoms with Gasteiger partial charge >= 0.3 is 0 Å². The number of carbonyl (C=O) groups is 1. The number of carbonyl (C=O) groups excluding carboxylic acids is 1.